The molecule has 1 aromatic rings. The highest BCUT2D eigenvalue weighted by molar-refractivity contribution is 9.11. The summed E-state index contributed by atoms with van der Waals surface area (Å²) in [6.45, 7) is 0.589. The Morgan fingerprint density at radius 2 is 2.24 bits per heavy atom. The monoisotopic (exact) mass is 361 g/mol. The Hall–Kier alpha value is -0.620. The van der Waals surface area contributed by atoms with Crippen LogP contribution in [0.3, 0.4) is 0 Å². The fraction of sp³-hybridized carbons (Fsp3) is 0.455. The van der Waals surface area contributed by atoms with Gasteiger partial charge in [-0.05, 0) is 50.8 Å². The molecule has 0 aromatic carbocycles. The Balaban J connectivity index is 1.75. The molecule has 1 aromatic heterocycles. The number of carbonyl (C=O) groups is 1. The van der Waals surface area contributed by atoms with Gasteiger partial charge < -0.3 is 10.6 Å². The number of hydrogen-bond acceptors (Lipinski definition) is 3. The van der Waals surface area contributed by atoms with Gasteiger partial charge in [-0.2, -0.15) is 0 Å². The predicted molar refractivity (Wildman–Crippen MR) is 73.9 cm³/mol. The first-order valence-corrected chi connectivity index (χ1v) is 7.08. The maximum Gasteiger partial charge on any atom is 0.221 e. The van der Waals surface area contributed by atoms with E-state index in [0.29, 0.717) is 19.0 Å². The van der Waals surface area contributed by atoms with E-state index >= 15 is 0 Å². The second kappa shape index (κ2) is 5.82. The second-order valence-electron chi connectivity index (χ2n) is 4.00. The van der Waals surface area contributed by atoms with E-state index in [4.69, 9.17) is 0 Å². The Bertz CT molecular complexity index is 421. The summed E-state index contributed by atoms with van der Waals surface area (Å²) >= 11 is 6.75. The zero-order chi connectivity index (χ0) is 12.3. The van der Waals surface area contributed by atoms with Crippen LogP contribution in [-0.2, 0) is 4.79 Å². The van der Waals surface area contributed by atoms with Crippen molar-refractivity contribution in [3.05, 3.63) is 21.2 Å². The number of nitrogens with zero attached hydrogens (tertiary/aromatic N) is 1. The van der Waals surface area contributed by atoms with Crippen molar-refractivity contribution in [3.8, 4) is 0 Å². The van der Waals surface area contributed by atoms with E-state index in [0.717, 1.165) is 27.6 Å². The minimum Gasteiger partial charge on any atom is -0.369 e. The van der Waals surface area contributed by atoms with Gasteiger partial charge >= 0.3 is 0 Å². The molecule has 0 radical (unpaired) electrons. The summed E-state index contributed by atoms with van der Waals surface area (Å²) in [5.74, 6) is 0.862. The van der Waals surface area contributed by atoms with Gasteiger partial charge in [-0.25, -0.2) is 4.98 Å². The maximum atomic E-state index is 11.4. The maximum absolute atomic E-state index is 11.4. The van der Waals surface area contributed by atoms with Gasteiger partial charge in [0.2, 0.25) is 5.91 Å². The lowest BCUT2D eigenvalue weighted by Gasteiger charge is -2.07. The third-order valence-electron chi connectivity index (χ3n) is 2.39. The summed E-state index contributed by atoms with van der Waals surface area (Å²) in [6.07, 6.45) is 4.44. The van der Waals surface area contributed by atoms with E-state index in [1.165, 1.54) is 0 Å². The van der Waals surface area contributed by atoms with Crippen molar-refractivity contribution >= 4 is 43.6 Å². The van der Waals surface area contributed by atoms with Crippen molar-refractivity contribution in [1.29, 1.82) is 0 Å². The molecule has 1 aliphatic carbocycles. The third kappa shape index (κ3) is 4.27. The quantitative estimate of drug-likeness (QED) is 0.846. The van der Waals surface area contributed by atoms with Crippen LogP contribution in [0.1, 0.15) is 19.3 Å². The zero-order valence-corrected chi connectivity index (χ0v) is 12.3. The molecule has 1 aliphatic rings. The second-order valence-corrected chi connectivity index (χ2v) is 5.77. The van der Waals surface area contributed by atoms with Crippen molar-refractivity contribution in [1.82, 2.24) is 10.3 Å². The third-order valence-corrected chi connectivity index (χ3v) is 3.43. The number of nitrogens with one attached hydrogen (secondary N) is 2. The number of anilines is 1. The summed E-state index contributed by atoms with van der Waals surface area (Å²) in [7, 11) is 0. The van der Waals surface area contributed by atoms with Crippen molar-refractivity contribution in [2.24, 2.45) is 0 Å². The molecule has 92 valence electrons. The van der Waals surface area contributed by atoms with Crippen LogP contribution in [0, 0.1) is 0 Å². The molecule has 17 heavy (non-hydrogen) atoms. The van der Waals surface area contributed by atoms with Crippen LogP contribution >= 0.6 is 31.9 Å². The number of carbonyl (C=O) groups excluding carboxylic acids is 1. The standard InChI is InChI=1S/C11H13Br2N3O/c12-7-5-9(13)11(15-6-7)14-4-3-10(17)16-8-1-2-8/h5-6,8H,1-4H2,(H,14,15)(H,16,17). The van der Waals surface area contributed by atoms with E-state index in [9.17, 15) is 4.79 Å². The molecule has 4 nitrogen and oxygen atoms in total. The molecule has 1 heterocycles. The Labute approximate surface area is 117 Å². The molecule has 0 atom stereocenters. The highest BCUT2D eigenvalue weighted by Gasteiger charge is 2.22. The van der Waals surface area contributed by atoms with Crippen molar-refractivity contribution < 1.29 is 4.79 Å². The fourth-order valence-corrected chi connectivity index (χ4v) is 2.49. The lowest BCUT2D eigenvalue weighted by atomic mass is 10.3. The summed E-state index contributed by atoms with van der Waals surface area (Å²) in [6, 6.07) is 2.35. The number of pyridine rings is 1. The van der Waals surface area contributed by atoms with Crippen LogP contribution in [0.4, 0.5) is 5.82 Å². The number of aromatic nitrogens is 1. The van der Waals surface area contributed by atoms with E-state index < -0.39 is 0 Å². The highest BCUT2D eigenvalue weighted by atomic mass is 79.9. The van der Waals surface area contributed by atoms with E-state index in [-0.39, 0.29) is 5.91 Å². The molecule has 0 saturated heterocycles. The number of halogens is 2. The molecule has 0 aliphatic heterocycles. The highest BCUT2D eigenvalue weighted by Crippen LogP contribution is 2.23. The number of hydrogen-bond donors (Lipinski definition) is 2. The zero-order valence-electron chi connectivity index (χ0n) is 9.17. The smallest absolute Gasteiger partial charge is 0.221 e. The number of amides is 1. The van der Waals surface area contributed by atoms with Crippen LogP contribution in [-0.4, -0.2) is 23.5 Å². The van der Waals surface area contributed by atoms with Gasteiger partial charge in [0.15, 0.2) is 0 Å². The van der Waals surface area contributed by atoms with Gasteiger partial charge in [-0.15, -0.1) is 0 Å². The van der Waals surface area contributed by atoms with E-state index in [1.54, 1.807) is 6.20 Å². The van der Waals surface area contributed by atoms with Crippen LogP contribution in [0.25, 0.3) is 0 Å². The fourth-order valence-electron chi connectivity index (χ4n) is 1.37. The average molecular weight is 363 g/mol. The first-order valence-electron chi connectivity index (χ1n) is 5.49. The molecule has 1 saturated carbocycles. The Morgan fingerprint density at radius 3 is 2.88 bits per heavy atom. The molecule has 0 bridgehead atoms. The predicted octanol–water partition coefficient (Wildman–Crippen LogP) is 2.69. The van der Waals surface area contributed by atoms with Gasteiger partial charge in [0, 0.05) is 29.7 Å². The largest absolute Gasteiger partial charge is 0.369 e. The summed E-state index contributed by atoms with van der Waals surface area (Å²) < 4.78 is 1.80. The average Bonchev–Trinajstić information content (AvgIpc) is 3.05. The van der Waals surface area contributed by atoms with Gasteiger partial charge in [0.1, 0.15) is 5.82 Å². The van der Waals surface area contributed by atoms with Gasteiger partial charge in [0.25, 0.3) is 0 Å². The van der Waals surface area contributed by atoms with Crippen LogP contribution in [0.2, 0.25) is 0 Å². The lowest BCUT2D eigenvalue weighted by Crippen LogP contribution is -2.27. The molecule has 6 heteroatoms. The molecule has 2 rings (SSSR count). The van der Waals surface area contributed by atoms with Crippen molar-refractivity contribution in [2.75, 3.05) is 11.9 Å². The SMILES string of the molecule is O=C(CCNc1ncc(Br)cc1Br)NC1CC1. The van der Waals surface area contributed by atoms with Crippen molar-refractivity contribution in [3.63, 3.8) is 0 Å². The number of rotatable bonds is 5. The minimum atomic E-state index is 0.105. The van der Waals surface area contributed by atoms with Crippen LogP contribution in [0.5, 0.6) is 0 Å². The molecule has 1 fully saturated rings. The Kier molecular flexibility index (Phi) is 4.39. The normalized spacial score (nSPS) is 14.5. The van der Waals surface area contributed by atoms with E-state index in [2.05, 4.69) is 47.5 Å². The molecule has 0 unspecified atom stereocenters. The summed E-state index contributed by atoms with van der Waals surface area (Å²) in [5.41, 5.74) is 0. The van der Waals surface area contributed by atoms with Gasteiger partial charge in [0.05, 0.1) is 4.47 Å². The first kappa shape index (κ1) is 12.8. The summed E-state index contributed by atoms with van der Waals surface area (Å²) in [4.78, 5) is 15.6. The first-order chi connectivity index (χ1) is 8.15. The van der Waals surface area contributed by atoms with Crippen molar-refractivity contribution in [2.45, 2.75) is 25.3 Å². The van der Waals surface area contributed by atoms with Gasteiger partial charge in [-0.1, -0.05) is 0 Å². The molecular formula is C11H13Br2N3O. The topological polar surface area (TPSA) is 54.0 Å². The molecule has 1 amide bonds. The molecule has 2 N–H and O–H groups in total. The Morgan fingerprint density at radius 1 is 1.47 bits per heavy atom. The van der Waals surface area contributed by atoms with Crippen LogP contribution < -0.4 is 10.6 Å². The minimum absolute atomic E-state index is 0.105. The van der Waals surface area contributed by atoms with E-state index in [1.807, 2.05) is 6.07 Å². The van der Waals surface area contributed by atoms with Crippen LogP contribution in [0.15, 0.2) is 21.2 Å². The molecule has 0 spiro atoms. The molecular weight excluding hydrogens is 350 g/mol. The summed E-state index contributed by atoms with van der Waals surface area (Å²) in [5, 5.41) is 6.07. The van der Waals surface area contributed by atoms with Gasteiger partial charge in [-0.3, -0.25) is 4.79 Å². The lowest BCUT2D eigenvalue weighted by molar-refractivity contribution is -0.120.